The van der Waals surface area contributed by atoms with Gasteiger partial charge in [0.25, 0.3) is 5.91 Å². The molecule has 9 heteroatoms. The van der Waals surface area contributed by atoms with E-state index in [4.69, 9.17) is 4.74 Å². The number of nitrogens with one attached hydrogen (secondary N) is 2. The van der Waals surface area contributed by atoms with Crippen LogP contribution in [-0.4, -0.2) is 53.2 Å². The predicted molar refractivity (Wildman–Crippen MR) is 103 cm³/mol. The van der Waals surface area contributed by atoms with E-state index in [2.05, 4.69) is 20.6 Å². The van der Waals surface area contributed by atoms with Crippen LogP contribution in [0.4, 0.5) is 0 Å². The quantitative estimate of drug-likeness (QED) is 0.349. The van der Waals surface area contributed by atoms with Gasteiger partial charge in [-0.3, -0.25) is 14.4 Å². The van der Waals surface area contributed by atoms with Crippen LogP contribution in [0, 0.1) is 13.8 Å². The Morgan fingerprint density at radius 2 is 1.81 bits per heavy atom. The van der Waals surface area contributed by atoms with E-state index in [9.17, 15) is 14.4 Å². The lowest BCUT2D eigenvalue weighted by Gasteiger charge is -2.14. The number of carbonyl (C=O) groups excluding carboxylic acids is 3. The second-order valence-corrected chi connectivity index (χ2v) is 6.87. The standard InChI is InChI=1S/C18H28N4O4S/c1-6-9-19-17(25)13(4)20-15(23)10-26-16(24)8-7-14-11(2)21-18(27-5)22-12(14)3/h13H,6-10H2,1-5H3,(H,19,25)(H,20,23)/t13-/m0/s1. The van der Waals surface area contributed by atoms with Crippen molar-refractivity contribution in [3.8, 4) is 0 Å². The minimum absolute atomic E-state index is 0.128. The summed E-state index contributed by atoms with van der Waals surface area (Å²) in [6.07, 6.45) is 3.30. The first kappa shape index (κ1) is 22.9. The maximum atomic E-state index is 11.9. The van der Waals surface area contributed by atoms with Crippen LogP contribution < -0.4 is 10.6 Å². The third-order valence-electron chi connectivity index (χ3n) is 3.85. The first-order valence-electron chi connectivity index (χ1n) is 8.89. The Kier molecular flexibility index (Phi) is 9.77. The number of aryl methyl sites for hydroxylation is 2. The first-order valence-corrected chi connectivity index (χ1v) is 10.1. The molecule has 1 rings (SSSR count). The van der Waals surface area contributed by atoms with Crippen molar-refractivity contribution in [1.29, 1.82) is 0 Å². The van der Waals surface area contributed by atoms with Gasteiger partial charge in [-0.15, -0.1) is 0 Å². The van der Waals surface area contributed by atoms with E-state index in [1.54, 1.807) is 6.92 Å². The van der Waals surface area contributed by atoms with Gasteiger partial charge in [-0.1, -0.05) is 18.7 Å². The number of hydrogen-bond acceptors (Lipinski definition) is 7. The van der Waals surface area contributed by atoms with Crippen molar-refractivity contribution in [2.45, 2.75) is 58.2 Å². The number of thioether (sulfide) groups is 1. The summed E-state index contributed by atoms with van der Waals surface area (Å²) in [4.78, 5) is 44.1. The zero-order chi connectivity index (χ0) is 20.4. The Balaban J connectivity index is 2.41. The monoisotopic (exact) mass is 396 g/mol. The number of nitrogens with zero attached hydrogens (tertiary/aromatic N) is 2. The molecule has 0 saturated carbocycles. The second-order valence-electron chi connectivity index (χ2n) is 6.10. The smallest absolute Gasteiger partial charge is 0.306 e. The lowest BCUT2D eigenvalue weighted by atomic mass is 10.1. The molecule has 0 fully saturated rings. The lowest BCUT2D eigenvalue weighted by Crippen LogP contribution is -2.46. The molecule has 0 aliphatic heterocycles. The van der Waals surface area contributed by atoms with Crippen LogP contribution in [0.1, 0.15) is 43.6 Å². The van der Waals surface area contributed by atoms with Crippen molar-refractivity contribution in [3.05, 3.63) is 17.0 Å². The third kappa shape index (κ3) is 7.94. The number of aromatic nitrogens is 2. The first-order chi connectivity index (χ1) is 12.8. The van der Waals surface area contributed by atoms with Gasteiger partial charge in [-0.2, -0.15) is 0 Å². The minimum atomic E-state index is -0.680. The molecular weight excluding hydrogens is 368 g/mol. The molecule has 0 saturated heterocycles. The molecule has 1 heterocycles. The summed E-state index contributed by atoms with van der Waals surface area (Å²) in [6.45, 7) is 7.42. The van der Waals surface area contributed by atoms with Crippen LogP contribution in [0.15, 0.2) is 5.16 Å². The Morgan fingerprint density at radius 1 is 1.19 bits per heavy atom. The molecule has 0 aliphatic rings. The summed E-state index contributed by atoms with van der Waals surface area (Å²) in [6, 6.07) is -0.680. The number of rotatable bonds is 10. The van der Waals surface area contributed by atoms with E-state index in [-0.39, 0.29) is 12.3 Å². The van der Waals surface area contributed by atoms with Gasteiger partial charge >= 0.3 is 5.97 Å². The molecule has 8 nitrogen and oxygen atoms in total. The van der Waals surface area contributed by atoms with Gasteiger partial charge in [0.2, 0.25) is 5.91 Å². The van der Waals surface area contributed by atoms with E-state index in [1.807, 2.05) is 27.0 Å². The van der Waals surface area contributed by atoms with Crippen LogP contribution in [0.5, 0.6) is 0 Å². The van der Waals surface area contributed by atoms with E-state index in [0.29, 0.717) is 18.1 Å². The average Bonchev–Trinajstić information content (AvgIpc) is 2.63. The summed E-state index contributed by atoms with van der Waals surface area (Å²) in [5, 5.41) is 5.88. The number of hydrogen-bond donors (Lipinski definition) is 2. The SMILES string of the molecule is CCCNC(=O)[C@H](C)NC(=O)COC(=O)CCc1c(C)nc(SC)nc1C. The van der Waals surface area contributed by atoms with Gasteiger partial charge in [0.1, 0.15) is 6.04 Å². The number of esters is 1. The highest BCUT2D eigenvalue weighted by Gasteiger charge is 2.16. The molecule has 27 heavy (non-hydrogen) atoms. The van der Waals surface area contributed by atoms with E-state index in [0.717, 1.165) is 23.4 Å². The molecule has 150 valence electrons. The minimum Gasteiger partial charge on any atom is -0.456 e. The largest absolute Gasteiger partial charge is 0.456 e. The highest BCUT2D eigenvalue weighted by molar-refractivity contribution is 7.98. The highest BCUT2D eigenvalue weighted by Crippen LogP contribution is 2.17. The fourth-order valence-corrected chi connectivity index (χ4v) is 2.81. The molecule has 0 aliphatic carbocycles. The molecule has 0 bridgehead atoms. The molecular formula is C18H28N4O4S. The van der Waals surface area contributed by atoms with Crippen molar-refractivity contribution >= 4 is 29.5 Å². The van der Waals surface area contributed by atoms with Crippen LogP contribution in [0.2, 0.25) is 0 Å². The van der Waals surface area contributed by atoms with Crippen molar-refractivity contribution < 1.29 is 19.1 Å². The Hall–Kier alpha value is -2.16. The maximum Gasteiger partial charge on any atom is 0.306 e. The molecule has 0 spiro atoms. The van der Waals surface area contributed by atoms with Crippen molar-refractivity contribution in [2.24, 2.45) is 0 Å². The third-order valence-corrected chi connectivity index (χ3v) is 4.39. The fourth-order valence-electron chi connectivity index (χ4n) is 2.36. The Labute approximate surface area is 164 Å². The van der Waals surface area contributed by atoms with Crippen molar-refractivity contribution in [1.82, 2.24) is 20.6 Å². The summed E-state index contributed by atoms with van der Waals surface area (Å²) >= 11 is 1.47. The predicted octanol–water partition coefficient (Wildman–Crippen LogP) is 1.32. The molecule has 1 aromatic heterocycles. The van der Waals surface area contributed by atoms with Gasteiger partial charge in [-0.05, 0) is 45.4 Å². The molecule has 2 N–H and O–H groups in total. The maximum absolute atomic E-state index is 11.9. The lowest BCUT2D eigenvalue weighted by molar-refractivity contribution is -0.148. The van der Waals surface area contributed by atoms with Gasteiger partial charge in [0, 0.05) is 24.4 Å². The molecule has 2 amide bonds. The van der Waals surface area contributed by atoms with Gasteiger partial charge < -0.3 is 15.4 Å². The molecule has 1 atom stereocenters. The van der Waals surface area contributed by atoms with Gasteiger partial charge in [0.05, 0.1) is 0 Å². The zero-order valence-corrected chi connectivity index (χ0v) is 17.4. The van der Waals surface area contributed by atoms with Gasteiger partial charge in [-0.25, -0.2) is 9.97 Å². The van der Waals surface area contributed by atoms with Crippen molar-refractivity contribution in [3.63, 3.8) is 0 Å². The fraction of sp³-hybridized carbons (Fsp3) is 0.611. The van der Waals surface area contributed by atoms with Crippen LogP contribution in [-0.2, 0) is 25.5 Å². The second kappa shape index (κ2) is 11.5. The van der Waals surface area contributed by atoms with Crippen LogP contribution >= 0.6 is 11.8 Å². The number of amides is 2. The molecule has 0 radical (unpaired) electrons. The summed E-state index contributed by atoms with van der Waals surface area (Å²) in [5.41, 5.74) is 2.59. The summed E-state index contributed by atoms with van der Waals surface area (Å²) in [7, 11) is 0. The topological polar surface area (TPSA) is 110 Å². The van der Waals surface area contributed by atoms with E-state index in [1.165, 1.54) is 11.8 Å². The summed E-state index contributed by atoms with van der Waals surface area (Å²) < 4.78 is 4.98. The van der Waals surface area contributed by atoms with Crippen LogP contribution in [0.25, 0.3) is 0 Å². The molecule has 0 aromatic carbocycles. The van der Waals surface area contributed by atoms with E-state index < -0.39 is 24.5 Å². The number of carbonyl (C=O) groups is 3. The molecule has 1 aromatic rings. The van der Waals surface area contributed by atoms with Crippen LogP contribution in [0.3, 0.4) is 0 Å². The van der Waals surface area contributed by atoms with Crippen molar-refractivity contribution in [2.75, 3.05) is 19.4 Å². The Morgan fingerprint density at radius 3 is 2.37 bits per heavy atom. The Bertz CT molecular complexity index is 658. The number of ether oxygens (including phenoxy) is 1. The van der Waals surface area contributed by atoms with Gasteiger partial charge in [0.15, 0.2) is 11.8 Å². The average molecular weight is 397 g/mol. The summed E-state index contributed by atoms with van der Waals surface area (Å²) in [5.74, 6) is -1.26. The molecule has 0 unspecified atom stereocenters. The van der Waals surface area contributed by atoms with E-state index >= 15 is 0 Å². The highest BCUT2D eigenvalue weighted by atomic mass is 32.2. The zero-order valence-electron chi connectivity index (χ0n) is 16.5. The normalized spacial score (nSPS) is 11.6.